The number of nitriles is 1. The Morgan fingerprint density at radius 1 is 1.06 bits per heavy atom. The molecule has 2 aromatic rings. The molecular weight excluding hydrogens is 418 g/mol. The number of hydrogen-bond donors (Lipinski definition) is 1. The lowest BCUT2D eigenvalue weighted by Crippen LogP contribution is -2.40. The molecular formula is C23H20ClN3O4. The zero-order valence-electron chi connectivity index (χ0n) is 17.0. The molecule has 1 heterocycles. The zero-order chi connectivity index (χ0) is 22.5. The van der Waals surface area contributed by atoms with E-state index in [4.69, 9.17) is 26.8 Å². The van der Waals surface area contributed by atoms with E-state index in [2.05, 4.69) is 6.07 Å². The fourth-order valence-electron chi connectivity index (χ4n) is 3.52. The highest BCUT2D eigenvalue weighted by atomic mass is 35.5. The fourth-order valence-corrected chi connectivity index (χ4v) is 3.65. The summed E-state index contributed by atoms with van der Waals surface area (Å²) in [7, 11) is 2.42. The minimum Gasteiger partial charge on any atom is -0.466 e. The van der Waals surface area contributed by atoms with Crippen LogP contribution < -0.4 is 5.73 Å². The summed E-state index contributed by atoms with van der Waals surface area (Å²) in [4.78, 5) is 27.2. The van der Waals surface area contributed by atoms with E-state index in [9.17, 15) is 14.9 Å². The first-order chi connectivity index (χ1) is 14.9. The van der Waals surface area contributed by atoms with Gasteiger partial charge in [0.05, 0.1) is 37.4 Å². The molecule has 3 rings (SSSR count). The predicted molar refractivity (Wildman–Crippen MR) is 114 cm³/mol. The number of rotatable bonds is 5. The van der Waals surface area contributed by atoms with Crippen LogP contribution in [0.4, 0.5) is 0 Å². The zero-order valence-corrected chi connectivity index (χ0v) is 17.7. The highest BCUT2D eigenvalue weighted by molar-refractivity contribution is 6.30. The van der Waals surface area contributed by atoms with Gasteiger partial charge in [-0.3, -0.25) is 0 Å². The van der Waals surface area contributed by atoms with Crippen molar-refractivity contribution in [2.75, 3.05) is 14.2 Å². The Bertz CT molecular complexity index is 1100. The molecule has 0 saturated carbocycles. The van der Waals surface area contributed by atoms with E-state index in [0.29, 0.717) is 10.6 Å². The van der Waals surface area contributed by atoms with Crippen LogP contribution in [0.15, 0.2) is 77.3 Å². The number of ether oxygens (including phenoxy) is 2. The van der Waals surface area contributed by atoms with Crippen LogP contribution in [0.2, 0.25) is 5.02 Å². The van der Waals surface area contributed by atoms with Crippen molar-refractivity contribution in [2.24, 2.45) is 5.73 Å². The third-order valence-electron chi connectivity index (χ3n) is 4.96. The molecule has 1 aliphatic heterocycles. The molecule has 0 radical (unpaired) electrons. The van der Waals surface area contributed by atoms with E-state index in [1.165, 1.54) is 19.1 Å². The number of hydrogen-bond acceptors (Lipinski definition) is 7. The molecule has 8 heteroatoms. The summed E-state index contributed by atoms with van der Waals surface area (Å²) in [5.41, 5.74) is 7.78. The van der Waals surface area contributed by atoms with E-state index in [1.54, 1.807) is 24.3 Å². The molecule has 0 spiro atoms. The topological polar surface area (TPSA) is 106 Å². The van der Waals surface area contributed by atoms with E-state index in [-0.39, 0.29) is 29.2 Å². The molecule has 2 N–H and O–H groups in total. The summed E-state index contributed by atoms with van der Waals surface area (Å²) in [5, 5.41) is 10.4. The average Bonchev–Trinajstić information content (AvgIpc) is 2.80. The lowest BCUT2D eigenvalue weighted by molar-refractivity contribution is -0.141. The molecule has 1 unspecified atom stereocenters. The minimum absolute atomic E-state index is 0.0293. The maximum absolute atomic E-state index is 12.9. The van der Waals surface area contributed by atoms with Crippen molar-refractivity contribution >= 4 is 23.5 Å². The lowest BCUT2D eigenvalue weighted by atomic mass is 9.81. The number of carbonyl (C=O) groups excluding carboxylic acids is 2. The molecule has 2 aromatic carbocycles. The fraction of sp³-hybridized carbons (Fsp3) is 0.174. The highest BCUT2D eigenvalue weighted by Gasteiger charge is 2.42. The molecule has 7 nitrogen and oxygen atoms in total. The van der Waals surface area contributed by atoms with E-state index >= 15 is 0 Å². The summed E-state index contributed by atoms with van der Waals surface area (Å²) in [6.45, 7) is 0.149. The van der Waals surface area contributed by atoms with Gasteiger partial charge in [0, 0.05) is 11.6 Å². The number of nitrogens with two attached hydrogens (primary N) is 1. The molecule has 1 aliphatic rings. The Labute approximate surface area is 184 Å². The first-order valence-corrected chi connectivity index (χ1v) is 9.68. The monoisotopic (exact) mass is 437 g/mol. The van der Waals surface area contributed by atoms with Gasteiger partial charge >= 0.3 is 11.9 Å². The van der Waals surface area contributed by atoms with Gasteiger partial charge in [0.1, 0.15) is 11.5 Å². The summed E-state index contributed by atoms with van der Waals surface area (Å²) in [6.07, 6.45) is 0. The second-order valence-corrected chi connectivity index (χ2v) is 7.15. The molecule has 0 aliphatic carbocycles. The number of benzene rings is 2. The molecule has 31 heavy (non-hydrogen) atoms. The normalized spacial score (nSPS) is 16.1. The Morgan fingerprint density at radius 2 is 1.68 bits per heavy atom. The van der Waals surface area contributed by atoms with Crippen LogP contribution in [-0.4, -0.2) is 31.1 Å². The number of methoxy groups -OCH3 is 2. The Balaban J connectivity index is 2.29. The molecule has 158 valence electrons. The van der Waals surface area contributed by atoms with E-state index in [0.717, 1.165) is 5.56 Å². The molecule has 1 atom stereocenters. The molecule has 0 fully saturated rings. The third kappa shape index (κ3) is 4.25. The SMILES string of the molecule is COC(=O)C1=C(C(=O)OC)N(Cc2ccccc2)C(N)=C(C#N)C1c1ccc(Cl)cc1. The average molecular weight is 438 g/mol. The number of esters is 2. The van der Waals surface area contributed by atoms with Crippen LogP contribution in [0.1, 0.15) is 17.0 Å². The van der Waals surface area contributed by atoms with E-state index < -0.39 is 17.9 Å². The van der Waals surface area contributed by atoms with Crippen LogP contribution >= 0.6 is 11.6 Å². The van der Waals surface area contributed by atoms with Gasteiger partial charge in [0.25, 0.3) is 0 Å². The van der Waals surface area contributed by atoms with Crippen molar-refractivity contribution in [2.45, 2.75) is 12.5 Å². The first-order valence-electron chi connectivity index (χ1n) is 9.30. The van der Waals surface area contributed by atoms with Crippen LogP contribution in [0.3, 0.4) is 0 Å². The molecule has 0 bridgehead atoms. The second kappa shape index (κ2) is 9.37. The van der Waals surface area contributed by atoms with Gasteiger partial charge in [-0.15, -0.1) is 0 Å². The van der Waals surface area contributed by atoms with Crippen LogP contribution in [0.25, 0.3) is 0 Å². The van der Waals surface area contributed by atoms with Crippen molar-refractivity contribution < 1.29 is 19.1 Å². The summed E-state index contributed by atoms with van der Waals surface area (Å²) in [5.74, 6) is -2.40. The van der Waals surface area contributed by atoms with Crippen molar-refractivity contribution in [3.8, 4) is 6.07 Å². The number of carbonyl (C=O) groups is 2. The van der Waals surface area contributed by atoms with Gasteiger partial charge in [0.2, 0.25) is 0 Å². The maximum Gasteiger partial charge on any atom is 0.355 e. The first kappa shape index (κ1) is 21.9. The number of nitrogens with zero attached hydrogens (tertiary/aromatic N) is 2. The number of allylic oxidation sites excluding steroid dienone is 1. The largest absolute Gasteiger partial charge is 0.466 e. The van der Waals surface area contributed by atoms with Gasteiger partial charge in [-0.2, -0.15) is 5.26 Å². The van der Waals surface area contributed by atoms with Gasteiger partial charge in [-0.1, -0.05) is 54.1 Å². The summed E-state index contributed by atoms with van der Waals surface area (Å²) < 4.78 is 9.96. The quantitative estimate of drug-likeness (QED) is 0.715. The standard InChI is InChI=1S/C23H20ClN3O4/c1-30-22(28)19-18(15-8-10-16(24)11-9-15)17(12-25)21(26)27(20(19)23(29)31-2)13-14-6-4-3-5-7-14/h3-11,18H,13,26H2,1-2H3. The van der Waals surface area contributed by atoms with E-state index in [1.807, 2.05) is 30.3 Å². The summed E-state index contributed by atoms with van der Waals surface area (Å²) in [6, 6.07) is 17.9. The Morgan fingerprint density at radius 3 is 2.23 bits per heavy atom. The Hall–Kier alpha value is -3.76. The van der Waals surface area contributed by atoms with Crippen LogP contribution in [0.5, 0.6) is 0 Å². The molecule has 0 amide bonds. The van der Waals surface area contributed by atoms with Gasteiger partial charge < -0.3 is 20.1 Å². The maximum atomic E-state index is 12.9. The second-order valence-electron chi connectivity index (χ2n) is 6.71. The van der Waals surface area contributed by atoms with Crippen molar-refractivity contribution in [1.82, 2.24) is 4.90 Å². The predicted octanol–water partition coefficient (Wildman–Crippen LogP) is 3.23. The minimum atomic E-state index is -0.921. The number of halogens is 1. The highest BCUT2D eigenvalue weighted by Crippen LogP contribution is 2.42. The summed E-state index contributed by atoms with van der Waals surface area (Å²) >= 11 is 6.00. The Kier molecular flexibility index (Phi) is 6.63. The molecule has 0 saturated heterocycles. The van der Waals surface area contributed by atoms with Gasteiger partial charge in [-0.05, 0) is 23.3 Å². The van der Waals surface area contributed by atoms with Crippen LogP contribution in [0, 0.1) is 11.3 Å². The van der Waals surface area contributed by atoms with Gasteiger partial charge in [-0.25, -0.2) is 9.59 Å². The van der Waals surface area contributed by atoms with Crippen molar-refractivity contribution in [1.29, 1.82) is 5.26 Å². The smallest absolute Gasteiger partial charge is 0.355 e. The molecule has 0 aromatic heterocycles. The third-order valence-corrected chi connectivity index (χ3v) is 5.21. The lowest BCUT2D eigenvalue weighted by Gasteiger charge is -2.36. The van der Waals surface area contributed by atoms with Crippen LogP contribution in [-0.2, 0) is 25.6 Å². The van der Waals surface area contributed by atoms with Crippen molar-refractivity contribution in [3.05, 3.63) is 93.4 Å². The van der Waals surface area contributed by atoms with Crippen molar-refractivity contribution in [3.63, 3.8) is 0 Å². The van der Waals surface area contributed by atoms with Gasteiger partial charge in [0.15, 0.2) is 0 Å².